The lowest BCUT2D eigenvalue weighted by Gasteiger charge is -2.39. The molecule has 1 aliphatic carbocycles. The SMILES string of the molecule is COC12[C@@H]3N[C@@H]3CN1C1=C(C(=O)C(N3CCSC3)=C(C)C1=O)[C@@H]2COC(N)=O. The Balaban J connectivity index is 1.61. The Kier molecular flexibility index (Phi) is 3.85. The molecule has 0 aromatic rings. The van der Waals surface area contributed by atoms with Crippen LogP contribution in [0.4, 0.5) is 4.79 Å². The van der Waals surface area contributed by atoms with Gasteiger partial charge in [0.1, 0.15) is 6.61 Å². The number of carbonyl (C=O) groups is 3. The van der Waals surface area contributed by atoms with Crippen molar-refractivity contribution < 1.29 is 23.9 Å². The summed E-state index contributed by atoms with van der Waals surface area (Å²) in [5.74, 6) is 0.698. The van der Waals surface area contributed by atoms with Crippen molar-refractivity contribution in [3.05, 3.63) is 22.5 Å². The average molecular weight is 406 g/mol. The minimum atomic E-state index is -0.925. The van der Waals surface area contributed by atoms with Gasteiger partial charge in [-0.25, -0.2) is 4.79 Å². The number of Topliss-reactive ketones (excluding diaryl/α,β-unsaturated/α-hetero) is 2. The van der Waals surface area contributed by atoms with Crippen molar-refractivity contribution in [3.63, 3.8) is 0 Å². The fourth-order valence-electron chi connectivity index (χ4n) is 5.25. The zero-order valence-corrected chi connectivity index (χ0v) is 16.5. The van der Waals surface area contributed by atoms with E-state index in [1.54, 1.807) is 25.8 Å². The number of methoxy groups -OCH3 is 1. The largest absolute Gasteiger partial charge is 0.449 e. The number of ether oxygens (including phenoxy) is 2. The van der Waals surface area contributed by atoms with Gasteiger partial charge in [0.05, 0.1) is 29.2 Å². The normalized spacial score (nSPS) is 36.1. The molecule has 150 valence electrons. The number of piperazine rings is 1. The molecule has 5 rings (SSSR count). The highest BCUT2D eigenvalue weighted by atomic mass is 32.2. The molecule has 9 nitrogen and oxygen atoms in total. The van der Waals surface area contributed by atoms with E-state index in [2.05, 4.69) is 5.32 Å². The van der Waals surface area contributed by atoms with Gasteiger partial charge < -0.3 is 30.3 Å². The van der Waals surface area contributed by atoms with Crippen LogP contribution in [0, 0.1) is 5.92 Å². The minimum Gasteiger partial charge on any atom is -0.449 e. The smallest absolute Gasteiger partial charge is 0.404 e. The Morgan fingerprint density at radius 1 is 1.36 bits per heavy atom. The van der Waals surface area contributed by atoms with Crippen LogP contribution in [-0.2, 0) is 19.1 Å². The van der Waals surface area contributed by atoms with Gasteiger partial charge in [0.25, 0.3) is 0 Å². The fraction of sp³-hybridized carbons (Fsp3) is 0.611. The monoisotopic (exact) mass is 406 g/mol. The summed E-state index contributed by atoms with van der Waals surface area (Å²) in [7, 11) is 1.57. The Bertz CT molecular complexity index is 864. The van der Waals surface area contributed by atoms with Crippen LogP contribution in [0.2, 0.25) is 0 Å². The van der Waals surface area contributed by atoms with E-state index >= 15 is 0 Å². The first-order valence-electron chi connectivity index (χ1n) is 9.30. The molecular weight excluding hydrogens is 384 g/mol. The van der Waals surface area contributed by atoms with E-state index in [1.165, 1.54) is 0 Å². The number of amides is 1. The summed E-state index contributed by atoms with van der Waals surface area (Å²) in [4.78, 5) is 42.2. The predicted octanol–water partition coefficient (Wildman–Crippen LogP) is -0.604. The topological polar surface area (TPSA) is 124 Å². The number of rotatable bonds is 4. The van der Waals surface area contributed by atoms with Crippen LogP contribution in [0.15, 0.2) is 22.5 Å². The molecular formula is C18H22N4O5S. The second kappa shape index (κ2) is 5.98. The van der Waals surface area contributed by atoms with Crippen LogP contribution in [0.5, 0.6) is 0 Å². The van der Waals surface area contributed by atoms with E-state index in [4.69, 9.17) is 15.2 Å². The number of hydrogen-bond acceptors (Lipinski definition) is 9. The third-order valence-electron chi connectivity index (χ3n) is 6.47. The molecule has 0 spiro atoms. The van der Waals surface area contributed by atoms with Gasteiger partial charge in [-0.1, -0.05) is 0 Å². The van der Waals surface area contributed by atoms with Crippen LogP contribution < -0.4 is 11.1 Å². The maximum absolute atomic E-state index is 13.6. The van der Waals surface area contributed by atoms with Crippen molar-refractivity contribution in [2.75, 3.05) is 38.4 Å². The van der Waals surface area contributed by atoms with Crippen molar-refractivity contribution in [1.29, 1.82) is 0 Å². The van der Waals surface area contributed by atoms with Crippen molar-refractivity contribution in [2.24, 2.45) is 11.7 Å². The highest BCUT2D eigenvalue weighted by Crippen LogP contribution is 2.56. The maximum Gasteiger partial charge on any atom is 0.404 e. The molecule has 10 heteroatoms. The lowest BCUT2D eigenvalue weighted by atomic mass is 9.82. The standard InChI is InChI=1S/C18H22N4O5S/c1-8-12(21-3-4-28-7-21)15(24)11-9(6-27-17(19)25)18(26-2)16-10(20-16)5-22(18)13(11)14(8)23/h9-10,16,20H,3-7H2,1-2H3,(H2,19,25)/t9-,10+,16+,18?/m0/s1. The Hall–Kier alpha value is -2.04. The summed E-state index contributed by atoms with van der Waals surface area (Å²) >= 11 is 1.73. The highest BCUT2D eigenvalue weighted by Gasteiger charge is 2.72. The molecule has 4 atom stereocenters. The van der Waals surface area contributed by atoms with Crippen LogP contribution >= 0.6 is 11.8 Å². The third-order valence-corrected chi connectivity index (χ3v) is 7.43. The molecule has 0 radical (unpaired) electrons. The van der Waals surface area contributed by atoms with Crippen LogP contribution in [0.25, 0.3) is 0 Å². The number of allylic oxidation sites excluding steroid dienone is 2. The van der Waals surface area contributed by atoms with Crippen molar-refractivity contribution in [2.45, 2.75) is 24.7 Å². The molecule has 0 bridgehead atoms. The van der Waals surface area contributed by atoms with E-state index in [0.29, 0.717) is 35.0 Å². The molecule has 28 heavy (non-hydrogen) atoms. The number of nitrogens with one attached hydrogen (secondary N) is 1. The highest BCUT2D eigenvalue weighted by molar-refractivity contribution is 7.99. The number of ketones is 2. The molecule has 1 unspecified atom stereocenters. The summed E-state index contributed by atoms with van der Waals surface area (Å²) in [6.45, 7) is 2.92. The van der Waals surface area contributed by atoms with Crippen molar-refractivity contribution >= 4 is 29.4 Å². The summed E-state index contributed by atoms with van der Waals surface area (Å²) in [5, 5.41) is 3.35. The number of nitrogens with zero attached hydrogens (tertiary/aromatic N) is 2. The zero-order valence-electron chi connectivity index (χ0n) is 15.7. The first-order valence-corrected chi connectivity index (χ1v) is 10.5. The van der Waals surface area contributed by atoms with Gasteiger partial charge in [0, 0.05) is 43.1 Å². The lowest BCUT2D eigenvalue weighted by molar-refractivity contribution is -0.137. The Morgan fingerprint density at radius 2 is 2.14 bits per heavy atom. The Morgan fingerprint density at radius 3 is 2.79 bits per heavy atom. The summed E-state index contributed by atoms with van der Waals surface area (Å²) in [6.07, 6.45) is -0.914. The van der Waals surface area contributed by atoms with Crippen molar-refractivity contribution in [3.8, 4) is 0 Å². The molecule has 3 saturated heterocycles. The first-order chi connectivity index (χ1) is 13.4. The minimum absolute atomic E-state index is 0.0312. The van der Waals surface area contributed by atoms with Gasteiger partial charge in [-0.05, 0) is 6.92 Å². The summed E-state index contributed by atoms with van der Waals surface area (Å²) in [6, 6.07) is 0.157. The number of hydrogen-bond donors (Lipinski definition) is 2. The van der Waals surface area contributed by atoms with E-state index in [1.807, 2.05) is 9.80 Å². The second-order valence-corrected chi connectivity index (χ2v) is 8.77. The number of thioether (sulfide) groups is 1. The van der Waals surface area contributed by atoms with Crippen LogP contribution in [0.3, 0.4) is 0 Å². The van der Waals surface area contributed by atoms with Gasteiger partial charge in [0.2, 0.25) is 11.6 Å². The van der Waals surface area contributed by atoms with Gasteiger partial charge in [0.15, 0.2) is 5.72 Å². The molecule has 0 saturated carbocycles. The molecule has 3 N–H and O–H groups in total. The summed E-state index contributed by atoms with van der Waals surface area (Å²) < 4.78 is 11.1. The van der Waals surface area contributed by atoms with Crippen LogP contribution in [0.1, 0.15) is 6.92 Å². The van der Waals surface area contributed by atoms with Gasteiger partial charge in [-0.2, -0.15) is 0 Å². The maximum atomic E-state index is 13.6. The second-order valence-electron chi connectivity index (χ2n) is 7.69. The first kappa shape index (κ1) is 18.0. The lowest BCUT2D eigenvalue weighted by Crippen LogP contribution is -2.55. The quantitative estimate of drug-likeness (QED) is 0.465. The average Bonchev–Trinajstić information content (AvgIpc) is 3.04. The molecule has 1 amide bonds. The van der Waals surface area contributed by atoms with Gasteiger partial charge >= 0.3 is 6.09 Å². The summed E-state index contributed by atoms with van der Waals surface area (Å²) in [5.41, 5.74) is 5.99. The molecule has 0 aromatic carbocycles. The molecule has 3 fully saturated rings. The number of primary amides is 1. The number of fused-ring (bicyclic) bond motifs is 4. The van der Waals surface area contributed by atoms with Crippen LogP contribution in [-0.4, -0.2) is 83.7 Å². The predicted molar refractivity (Wildman–Crippen MR) is 100.0 cm³/mol. The fourth-order valence-corrected chi connectivity index (χ4v) is 6.21. The molecule has 4 heterocycles. The van der Waals surface area contributed by atoms with E-state index in [9.17, 15) is 14.4 Å². The van der Waals surface area contributed by atoms with Gasteiger partial charge in [-0.3, -0.25) is 9.59 Å². The zero-order chi connectivity index (χ0) is 19.8. The Labute approximate surface area is 166 Å². The van der Waals surface area contributed by atoms with Crippen molar-refractivity contribution in [1.82, 2.24) is 15.1 Å². The number of carbonyl (C=O) groups excluding carboxylic acids is 3. The molecule has 5 aliphatic rings. The van der Waals surface area contributed by atoms with E-state index < -0.39 is 17.7 Å². The third kappa shape index (κ3) is 2.13. The van der Waals surface area contributed by atoms with E-state index in [0.717, 1.165) is 12.3 Å². The molecule has 4 aliphatic heterocycles. The van der Waals surface area contributed by atoms with E-state index in [-0.39, 0.29) is 30.3 Å². The molecule has 0 aromatic heterocycles. The van der Waals surface area contributed by atoms with Gasteiger partial charge in [-0.15, -0.1) is 11.8 Å². The number of nitrogens with two attached hydrogens (primary N) is 1.